The van der Waals surface area contributed by atoms with Crippen LogP contribution in [0, 0.1) is 0 Å². The van der Waals surface area contributed by atoms with Crippen LogP contribution in [0.25, 0.3) is 0 Å². The van der Waals surface area contributed by atoms with Crippen LogP contribution in [-0.4, -0.2) is 63.9 Å². The van der Waals surface area contributed by atoms with Crippen LogP contribution in [0.2, 0.25) is 0 Å². The van der Waals surface area contributed by atoms with Crippen LogP contribution in [0.4, 0.5) is 17.2 Å². The average molecular weight is 297 g/mol. The number of likely N-dealkylation sites (N-methyl/N-ethyl adjacent to an activating group) is 1. The smallest absolute Gasteiger partial charge is 0.184 e. The van der Waals surface area contributed by atoms with E-state index >= 15 is 0 Å². The number of amidine groups is 1. The van der Waals surface area contributed by atoms with Crippen molar-refractivity contribution in [1.82, 2.24) is 24.8 Å². The summed E-state index contributed by atoms with van der Waals surface area (Å²) in [5, 5.41) is 12.3. The fourth-order valence-electron chi connectivity index (χ4n) is 2.85. The van der Waals surface area contributed by atoms with Crippen molar-refractivity contribution in [1.29, 1.82) is 0 Å². The molecule has 0 saturated carbocycles. The molecule has 1 aromatic heterocycles. The number of benzene rings is 1. The molecule has 4 rings (SSSR count). The summed E-state index contributed by atoms with van der Waals surface area (Å²) in [4.78, 5) is 11.1. The molecule has 1 fully saturated rings. The van der Waals surface area contributed by atoms with E-state index in [4.69, 9.17) is 4.99 Å². The molecular formula is C15H19N7. The molecular weight excluding hydrogens is 278 g/mol. The molecule has 1 aromatic carbocycles. The monoisotopic (exact) mass is 297 g/mol. The largest absolute Gasteiger partial charge is 0.352 e. The topological polar surface area (TPSA) is 61.6 Å². The van der Waals surface area contributed by atoms with Crippen molar-refractivity contribution in [3.63, 3.8) is 0 Å². The molecule has 7 heteroatoms. The summed E-state index contributed by atoms with van der Waals surface area (Å²) >= 11 is 0. The van der Waals surface area contributed by atoms with Crippen molar-refractivity contribution in [3.8, 4) is 0 Å². The van der Waals surface area contributed by atoms with Gasteiger partial charge in [-0.2, -0.15) is 4.80 Å². The molecule has 0 amide bonds. The number of aryl methyl sites for hydroxylation is 1. The number of nitrogens with zero attached hydrogens (tertiary/aromatic N) is 6. The Balaban J connectivity index is 1.81. The number of aromatic nitrogens is 3. The van der Waals surface area contributed by atoms with Gasteiger partial charge in [-0.05, 0) is 19.2 Å². The number of fused-ring (bicyclic) bond motifs is 2. The van der Waals surface area contributed by atoms with Gasteiger partial charge in [-0.15, -0.1) is 10.2 Å². The van der Waals surface area contributed by atoms with Gasteiger partial charge in [0.05, 0.1) is 11.4 Å². The predicted molar refractivity (Wildman–Crippen MR) is 86.0 cm³/mol. The molecule has 1 N–H and O–H groups in total. The summed E-state index contributed by atoms with van der Waals surface area (Å²) in [7, 11) is 3.99. The summed E-state index contributed by atoms with van der Waals surface area (Å²) < 4.78 is 0. The highest BCUT2D eigenvalue weighted by molar-refractivity contribution is 6.05. The molecule has 2 aromatic rings. The average Bonchev–Trinajstić information content (AvgIpc) is 2.80. The van der Waals surface area contributed by atoms with Crippen molar-refractivity contribution in [3.05, 3.63) is 30.0 Å². The Hall–Kier alpha value is -2.41. The van der Waals surface area contributed by atoms with E-state index in [1.807, 2.05) is 31.3 Å². The Kier molecular flexibility index (Phi) is 3.07. The molecule has 7 nitrogen and oxygen atoms in total. The Bertz CT molecular complexity index is 725. The summed E-state index contributed by atoms with van der Waals surface area (Å²) in [5.74, 6) is 1.68. The fraction of sp³-hybridized carbons (Fsp3) is 0.400. The standard InChI is InChI=1S/C15H19N7/c1-20-7-9-22(10-8-20)15-13-14(19-21(2)18-13)16-11-5-3-4-6-12(11)17-15/h3-6H,7-10H2,1-2H3,(H,16,19). The number of anilines is 2. The third-order valence-electron chi connectivity index (χ3n) is 4.11. The summed E-state index contributed by atoms with van der Waals surface area (Å²) in [6, 6.07) is 8.04. The van der Waals surface area contributed by atoms with Gasteiger partial charge in [0.25, 0.3) is 0 Å². The highest BCUT2D eigenvalue weighted by Crippen LogP contribution is 2.33. The van der Waals surface area contributed by atoms with E-state index in [1.54, 1.807) is 4.80 Å². The minimum atomic E-state index is 0.769. The van der Waals surface area contributed by atoms with Crippen LogP contribution in [0.1, 0.15) is 5.69 Å². The van der Waals surface area contributed by atoms with E-state index in [0.29, 0.717) is 0 Å². The van der Waals surface area contributed by atoms with E-state index in [2.05, 4.69) is 32.4 Å². The van der Waals surface area contributed by atoms with Crippen LogP contribution >= 0.6 is 0 Å². The van der Waals surface area contributed by atoms with E-state index in [-0.39, 0.29) is 0 Å². The lowest BCUT2D eigenvalue weighted by molar-refractivity contribution is 0.215. The van der Waals surface area contributed by atoms with Gasteiger partial charge in [-0.25, -0.2) is 4.99 Å². The first-order valence-corrected chi connectivity index (χ1v) is 7.50. The number of aliphatic imine (C=N–C) groups is 1. The lowest BCUT2D eigenvalue weighted by atomic mass is 10.2. The molecule has 0 spiro atoms. The van der Waals surface area contributed by atoms with Crippen molar-refractivity contribution < 1.29 is 0 Å². The maximum atomic E-state index is 4.89. The molecule has 0 radical (unpaired) electrons. The van der Waals surface area contributed by atoms with Gasteiger partial charge < -0.3 is 15.1 Å². The van der Waals surface area contributed by atoms with E-state index in [0.717, 1.165) is 54.9 Å². The normalized spacial score (nSPS) is 18.1. The molecule has 2 aliphatic rings. The molecule has 114 valence electrons. The number of piperazine rings is 1. The Morgan fingerprint density at radius 2 is 1.77 bits per heavy atom. The Morgan fingerprint density at radius 3 is 2.59 bits per heavy atom. The van der Waals surface area contributed by atoms with Crippen LogP contribution in [0.15, 0.2) is 29.3 Å². The molecule has 0 bridgehead atoms. The van der Waals surface area contributed by atoms with E-state index in [9.17, 15) is 0 Å². The predicted octanol–water partition coefficient (Wildman–Crippen LogP) is 1.20. The lowest BCUT2D eigenvalue weighted by Gasteiger charge is -2.33. The van der Waals surface area contributed by atoms with Gasteiger partial charge in [-0.1, -0.05) is 12.1 Å². The van der Waals surface area contributed by atoms with Gasteiger partial charge in [0.2, 0.25) is 0 Å². The molecule has 3 heterocycles. The van der Waals surface area contributed by atoms with Crippen molar-refractivity contribution in [2.75, 3.05) is 38.5 Å². The van der Waals surface area contributed by atoms with Crippen LogP contribution in [0.3, 0.4) is 0 Å². The highest BCUT2D eigenvalue weighted by atomic mass is 15.5. The van der Waals surface area contributed by atoms with Crippen molar-refractivity contribution >= 4 is 23.0 Å². The van der Waals surface area contributed by atoms with Gasteiger partial charge in [-0.3, -0.25) is 0 Å². The summed E-state index contributed by atoms with van der Waals surface area (Å²) in [5.41, 5.74) is 2.72. The van der Waals surface area contributed by atoms with Gasteiger partial charge in [0.1, 0.15) is 0 Å². The maximum Gasteiger partial charge on any atom is 0.184 e. The zero-order valence-corrected chi connectivity index (χ0v) is 12.8. The second-order valence-electron chi connectivity index (χ2n) is 5.75. The first-order valence-electron chi connectivity index (χ1n) is 7.50. The SMILES string of the molecule is CN1CCN(C2=Nc3ccccc3Nc3nn(C)nc32)CC1. The van der Waals surface area contributed by atoms with Crippen LogP contribution in [0.5, 0.6) is 0 Å². The third kappa shape index (κ3) is 2.23. The lowest BCUT2D eigenvalue weighted by Crippen LogP contribution is -2.47. The number of hydrogen-bond donors (Lipinski definition) is 1. The number of para-hydroxylation sites is 2. The number of hydrogen-bond acceptors (Lipinski definition) is 6. The summed E-state index contributed by atoms with van der Waals surface area (Å²) in [6.07, 6.45) is 0. The minimum Gasteiger partial charge on any atom is -0.352 e. The quantitative estimate of drug-likeness (QED) is 0.791. The molecule has 22 heavy (non-hydrogen) atoms. The minimum absolute atomic E-state index is 0.769. The fourth-order valence-corrected chi connectivity index (χ4v) is 2.85. The molecule has 2 aliphatic heterocycles. The molecule has 0 unspecified atom stereocenters. The number of rotatable bonds is 0. The molecule has 1 saturated heterocycles. The highest BCUT2D eigenvalue weighted by Gasteiger charge is 2.27. The number of nitrogens with one attached hydrogen (secondary N) is 1. The van der Waals surface area contributed by atoms with E-state index < -0.39 is 0 Å². The molecule has 0 aliphatic carbocycles. The van der Waals surface area contributed by atoms with Crippen LogP contribution in [-0.2, 0) is 7.05 Å². The van der Waals surface area contributed by atoms with Crippen molar-refractivity contribution in [2.45, 2.75) is 0 Å². The first-order chi connectivity index (χ1) is 10.7. The Labute approximate surface area is 129 Å². The second kappa shape index (κ2) is 5.10. The van der Waals surface area contributed by atoms with E-state index in [1.165, 1.54) is 0 Å². The first kappa shape index (κ1) is 13.3. The third-order valence-corrected chi connectivity index (χ3v) is 4.11. The zero-order valence-electron chi connectivity index (χ0n) is 12.8. The zero-order chi connectivity index (χ0) is 15.1. The van der Waals surface area contributed by atoms with Crippen LogP contribution < -0.4 is 5.32 Å². The summed E-state index contributed by atoms with van der Waals surface area (Å²) in [6.45, 7) is 3.97. The van der Waals surface area contributed by atoms with Gasteiger partial charge in [0, 0.05) is 33.2 Å². The Morgan fingerprint density at radius 1 is 1.00 bits per heavy atom. The maximum absolute atomic E-state index is 4.89. The second-order valence-corrected chi connectivity index (χ2v) is 5.75. The van der Waals surface area contributed by atoms with Gasteiger partial charge >= 0.3 is 0 Å². The molecule has 0 atom stereocenters. The van der Waals surface area contributed by atoms with Gasteiger partial charge in [0.15, 0.2) is 17.3 Å². The van der Waals surface area contributed by atoms with Crippen molar-refractivity contribution in [2.24, 2.45) is 12.0 Å².